The summed E-state index contributed by atoms with van der Waals surface area (Å²) in [5.74, 6) is 1.66. The van der Waals surface area contributed by atoms with E-state index in [1.165, 1.54) is 19.3 Å². The minimum absolute atomic E-state index is 0.206. The van der Waals surface area contributed by atoms with E-state index < -0.39 is 0 Å². The number of aliphatic hydroxyl groups is 1. The van der Waals surface area contributed by atoms with E-state index in [1.807, 2.05) is 0 Å². The second kappa shape index (κ2) is 6.19. The highest BCUT2D eigenvalue weighted by Gasteiger charge is 2.24. The molecule has 0 saturated heterocycles. The van der Waals surface area contributed by atoms with Gasteiger partial charge in [-0.3, -0.25) is 0 Å². The SMILES string of the molecule is CC1CC(C)CC(NCC(O)CC(C)(C)C)C1. The molecule has 3 unspecified atom stereocenters. The first kappa shape index (κ1) is 15.0. The van der Waals surface area contributed by atoms with Crippen LogP contribution in [0.3, 0.4) is 0 Å². The molecule has 17 heavy (non-hydrogen) atoms. The number of nitrogens with one attached hydrogen (secondary N) is 1. The van der Waals surface area contributed by atoms with E-state index in [0.29, 0.717) is 6.04 Å². The van der Waals surface area contributed by atoms with Crippen molar-refractivity contribution >= 4 is 0 Å². The standard InChI is InChI=1S/C15H31NO/c1-11-6-12(2)8-13(7-11)16-10-14(17)9-15(3,4)5/h11-14,16-17H,6-10H2,1-5H3. The minimum atomic E-state index is -0.206. The summed E-state index contributed by atoms with van der Waals surface area (Å²) < 4.78 is 0. The van der Waals surface area contributed by atoms with Gasteiger partial charge in [-0.05, 0) is 42.9 Å². The van der Waals surface area contributed by atoms with E-state index in [9.17, 15) is 5.11 Å². The molecule has 0 amide bonds. The third kappa shape index (κ3) is 6.42. The molecule has 102 valence electrons. The molecule has 0 radical (unpaired) electrons. The average molecular weight is 241 g/mol. The van der Waals surface area contributed by atoms with Crippen LogP contribution in [0.2, 0.25) is 0 Å². The second-order valence-electron chi connectivity index (χ2n) is 7.44. The van der Waals surface area contributed by atoms with E-state index in [-0.39, 0.29) is 11.5 Å². The summed E-state index contributed by atoms with van der Waals surface area (Å²) in [4.78, 5) is 0. The van der Waals surface area contributed by atoms with Crippen molar-refractivity contribution in [2.24, 2.45) is 17.3 Å². The Morgan fingerprint density at radius 2 is 1.65 bits per heavy atom. The third-order valence-corrected chi connectivity index (χ3v) is 3.67. The van der Waals surface area contributed by atoms with Crippen LogP contribution in [0.15, 0.2) is 0 Å². The quantitative estimate of drug-likeness (QED) is 0.792. The largest absolute Gasteiger partial charge is 0.392 e. The van der Waals surface area contributed by atoms with Crippen LogP contribution in [0.25, 0.3) is 0 Å². The van der Waals surface area contributed by atoms with Gasteiger partial charge in [0, 0.05) is 12.6 Å². The Kier molecular flexibility index (Phi) is 5.46. The molecule has 0 bridgehead atoms. The Balaban J connectivity index is 2.25. The molecule has 1 fully saturated rings. The molecule has 0 aromatic rings. The first-order valence-electron chi connectivity index (χ1n) is 7.17. The topological polar surface area (TPSA) is 32.3 Å². The van der Waals surface area contributed by atoms with Gasteiger partial charge in [-0.25, -0.2) is 0 Å². The Morgan fingerprint density at radius 1 is 1.12 bits per heavy atom. The van der Waals surface area contributed by atoms with Gasteiger partial charge in [-0.15, -0.1) is 0 Å². The molecule has 0 aromatic carbocycles. The summed E-state index contributed by atoms with van der Waals surface area (Å²) in [6.07, 6.45) is 4.57. The van der Waals surface area contributed by atoms with Crippen LogP contribution in [0.1, 0.15) is 60.3 Å². The summed E-state index contributed by atoms with van der Waals surface area (Å²) in [5, 5.41) is 13.5. The summed E-state index contributed by atoms with van der Waals surface area (Å²) in [7, 11) is 0. The van der Waals surface area contributed by atoms with Crippen LogP contribution in [-0.4, -0.2) is 23.8 Å². The Hall–Kier alpha value is -0.0800. The molecular weight excluding hydrogens is 210 g/mol. The van der Waals surface area contributed by atoms with Gasteiger partial charge in [0.2, 0.25) is 0 Å². The summed E-state index contributed by atoms with van der Waals surface area (Å²) >= 11 is 0. The molecule has 2 nitrogen and oxygen atoms in total. The maximum atomic E-state index is 9.98. The highest BCUT2D eigenvalue weighted by molar-refractivity contribution is 4.81. The summed E-state index contributed by atoms with van der Waals surface area (Å²) in [6, 6.07) is 0.614. The lowest BCUT2D eigenvalue weighted by molar-refractivity contribution is 0.110. The monoisotopic (exact) mass is 241 g/mol. The fourth-order valence-electron chi connectivity index (χ4n) is 3.20. The van der Waals surface area contributed by atoms with Crippen molar-refractivity contribution in [3.8, 4) is 0 Å². The van der Waals surface area contributed by atoms with Gasteiger partial charge in [0.15, 0.2) is 0 Å². The fraction of sp³-hybridized carbons (Fsp3) is 1.00. The van der Waals surface area contributed by atoms with E-state index in [0.717, 1.165) is 24.8 Å². The molecule has 0 heterocycles. The van der Waals surface area contributed by atoms with Crippen molar-refractivity contribution < 1.29 is 5.11 Å². The molecule has 0 aliphatic heterocycles. The normalized spacial score (nSPS) is 32.5. The molecule has 0 spiro atoms. The van der Waals surface area contributed by atoms with E-state index >= 15 is 0 Å². The van der Waals surface area contributed by atoms with Crippen molar-refractivity contribution in [1.29, 1.82) is 0 Å². The van der Waals surface area contributed by atoms with Gasteiger partial charge in [0.1, 0.15) is 0 Å². The van der Waals surface area contributed by atoms with Gasteiger partial charge in [-0.2, -0.15) is 0 Å². The number of rotatable bonds is 4. The third-order valence-electron chi connectivity index (χ3n) is 3.67. The smallest absolute Gasteiger partial charge is 0.0669 e. The lowest BCUT2D eigenvalue weighted by Crippen LogP contribution is -2.41. The fourth-order valence-corrected chi connectivity index (χ4v) is 3.20. The molecule has 1 aliphatic carbocycles. The number of hydrogen-bond acceptors (Lipinski definition) is 2. The first-order valence-corrected chi connectivity index (χ1v) is 7.17. The van der Waals surface area contributed by atoms with E-state index in [2.05, 4.69) is 39.9 Å². The van der Waals surface area contributed by atoms with E-state index in [4.69, 9.17) is 0 Å². The van der Waals surface area contributed by atoms with Crippen molar-refractivity contribution in [2.45, 2.75) is 72.4 Å². The van der Waals surface area contributed by atoms with Crippen LogP contribution in [-0.2, 0) is 0 Å². The predicted octanol–water partition coefficient (Wildman–Crippen LogP) is 3.20. The lowest BCUT2D eigenvalue weighted by atomic mass is 9.80. The first-order chi connectivity index (χ1) is 7.76. The molecule has 1 rings (SSSR count). The summed E-state index contributed by atoms with van der Waals surface area (Å²) in [6.45, 7) is 12.0. The maximum Gasteiger partial charge on any atom is 0.0669 e. The predicted molar refractivity (Wildman–Crippen MR) is 74.0 cm³/mol. The highest BCUT2D eigenvalue weighted by Crippen LogP contribution is 2.28. The van der Waals surface area contributed by atoms with Crippen LogP contribution in [0, 0.1) is 17.3 Å². The molecule has 2 heteroatoms. The Bertz CT molecular complexity index is 211. The van der Waals surface area contributed by atoms with Crippen molar-refractivity contribution in [3.05, 3.63) is 0 Å². The minimum Gasteiger partial charge on any atom is -0.392 e. The number of hydrogen-bond donors (Lipinski definition) is 2. The van der Waals surface area contributed by atoms with Gasteiger partial charge in [0.25, 0.3) is 0 Å². The van der Waals surface area contributed by atoms with Crippen LogP contribution >= 0.6 is 0 Å². The zero-order valence-electron chi connectivity index (χ0n) is 12.3. The average Bonchev–Trinajstić information content (AvgIpc) is 2.10. The van der Waals surface area contributed by atoms with Gasteiger partial charge >= 0.3 is 0 Å². The summed E-state index contributed by atoms with van der Waals surface area (Å²) in [5.41, 5.74) is 0.217. The maximum absolute atomic E-state index is 9.98. The molecule has 1 aliphatic rings. The molecular formula is C15H31NO. The van der Waals surface area contributed by atoms with E-state index in [1.54, 1.807) is 0 Å². The van der Waals surface area contributed by atoms with Crippen molar-refractivity contribution in [3.63, 3.8) is 0 Å². The zero-order chi connectivity index (χ0) is 13.1. The Labute approximate surface area is 107 Å². The highest BCUT2D eigenvalue weighted by atomic mass is 16.3. The Morgan fingerprint density at radius 3 is 2.12 bits per heavy atom. The van der Waals surface area contributed by atoms with Crippen LogP contribution in [0.5, 0.6) is 0 Å². The van der Waals surface area contributed by atoms with Gasteiger partial charge in [0.05, 0.1) is 6.10 Å². The molecule has 1 saturated carbocycles. The molecule has 2 N–H and O–H groups in total. The number of aliphatic hydroxyl groups excluding tert-OH is 1. The van der Waals surface area contributed by atoms with Crippen LogP contribution in [0.4, 0.5) is 0 Å². The van der Waals surface area contributed by atoms with Crippen molar-refractivity contribution in [1.82, 2.24) is 5.32 Å². The van der Waals surface area contributed by atoms with Gasteiger partial charge in [-0.1, -0.05) is 34.6 Å². The molecule has 3 atom stereocenters. The second-order valence-corrected chi connectivity index (χ2v) is 7.44. The van der Waals surface area contributed by atoms with Crippen LogP contribution < -0.4 is 5.32 Å². The lowest BCUT2D eigenvalue weighted by Gasteiger charge is -2.33. The zero-order valence-corrected chi connectivity index (χ0v) is 12.3. The molecule has 0 aromatic heterocycles. The van der Waals surface area contributed by atoms with Gasteiger partial charge < -0.3 is 10.4 Å². The van der Waals surface area contributed by atoms with Crippen molar-refractivity contribution in [2.75, 3.05) is 6.54 Å².